The lowest BCUT2D eigenvalue weighted by atomic mass is 9.94. The van der Waals surface area contributed by atoms with E-state index in [-0.39, 0.29) is 25.0 Å². The molecular formula is C22H28N2O4S. The normalized spacial score (nSPS) is 15.8. The highest BCUT2D eigenvalue weighted by molar-refractivity contribution is 7.92. The van der Waals surface area contributed by atoms with Gasteiger partial charge in [0.05, 0.1) is 19.4 Å². The van der Waals surface area contributed by atoms with E-state index in [1.807, 2.05) is 30.3 Å². The number of carbonyl (C=O) groups is 1. The predicted molar refractivity (Wildman–Crippen MR) is 113 cm³/mol. The van der Waals surface area contributed by atoms with E-state index in [0.717, 1.165) is 36.7 Å². The molecule has 1 aromatic heterocycles. The maximum Gasteiger partial charge on any atom is 0.237 e. The van der Waals surface area contributed by atoms with Crippen molar-refractivity contribution in [1.29, 1.82) is 0 Å². The molecule has 1 aliphatic rings. The summed E-state index contributed by atoms with van der Waals surface area (Å²) in [5.74, 6) is 0.301. The second-order valence-electron chi connectivity index (χ2n) is 7.40. The number of amides is 1. The molecule has 1 fully saturated rings. The summed E-state index contributed by atoms with van der Waals surface area (Å²) in [5, 5.41) is 1.15. The van der Waals surface area contributed by atoms with Crippen molar-refractivity contribution in [2.45, 2.75) is 44.7 Å². The maximum atomic E-state index is 13.0. The monoisotopic (exact) mass is 416 g/mol. The molecule has 0 bridgehead atoms. The molecule has 1 heterocycles. The molecule has 3 rings (SSSR count). The Morgan fingerprint density at radius 2 is 1.83 bits per heavy atom. The molecule has 0 saturated heterocycles. The Balaban J connectivity index is 1.76. The van der Waals surface area contributed by atoms with Crippen molar-refractivity contribution in [1.82, 2.24) is 9.21 Å². The molecular weight excluding hydrogens is 388 g/mol. The third-order valence-electron chi connectivity index (χ3n) is 5.33. The number of rotatable bonds is 8. The molecule has 0 atom stereocenters. The van der Waals surface area contributed by atoms with E-state index < -0.39 is 10.0 Å². The Bertz CT molecular complexity index is 902. The molecule has 29 heavy (non-hydrogen) atoms. The van der Waals surface area contributed by atoms with Crippen molar-refractivity contribution < 1.29 is 17.6 Å². The lowest BCUT2D eigenvalue weighted by Gasteiger charge is -2.32. The summed E-state index contributed by atoms with van der Waals surface area (Å²) < 4.78 is 32.5. The number of hydrogen-bond donors (Lipinski definition) is 0. The van der Waals surface area contributed by atoms with E-state index in [4.69, 9.17) is 4.42 Å². The molecule has 2 aromatic rings. The lowest BCUT2D eigenvalue weighted by Crippen LogP contribution is -2.45. The predicted octanol–water partition coefficient (Wildman–Crippen LogP) is 3.87. The van der Waals surface area contributed by atoms with Gasteiger partial charge in [0, 0.05) is 18.5 Å². The highest BCUT2D eigenvalue weighted by Gasteiger charge is 2.28. The van der Waals surface area contributed by atoms with Gasteiger partial charge in [0.15, 0.2) is 0 Å². The first-order valence-electron chi connectivity index (χ1n) is 9.97. The molecule has 156 valence electrons. The van der Waals surface area contributed by atoms with Crippen LogP contribution in [0.1, 0.15) is 43.4 Å². The van der Waals surface area contributed by atoms with Gasteiger partial charge >= 0.3 is 0 Å². The van der Waals surface area contributed by atoms with Gasteiger partial charge in [-0.15, -0.1) is 0 Å². The summed E-state index contributed by atoms with van der Waals surface area (Å²) in [5.41, 5.74) is 0.777. The first kappa shape index (κ1) is 21.3. The quantitative estimate of drug-likeness (QED) is 0.655. The fourth-order valence-electron chi connectivity index (χ4n) is 3.56. The number of likely N-dealkylation sites (N-methyl/N-ethyl adjacent to an activating group) is 1. The first-order chi connectivity index (χ1) is 14.0. The van der Waals surface area contributed by atoms with E-state index in [1.54, 1.807) is 30.2 Å². The van der Waals surface area contributed by atoms with Gasteiger partial charge in [-0.05, 0) is 36.6 Å². The molecule has 0 N–H and O–H groups in total. The van der Waals surface area contributed by atoms with E-state index in [2.05, 4.69) is 0 Å². The van der Waals surface area contributed by atoms with Crippen LogP contribution in [0.2, 0.25) is 0 Å². The van der Waals surface area contributed by atoms with Gasteiger partial charge in [-0.2, -0.15) is 4.31 Å². The third kappa shape index (κ3) is 6.05. The van der Waals surface area contributed by atoms with Crippen LogP contribution in [0.3, 0.4) is 0 Å². The number of benzene rings is 1. The van der Waals surface area contributed by atoms with Crippen molar-refractivity contribution in [3.63, 3.8) is 0 Å². The first-order valence-corrected chi connectivity index (χ1v) is 11.5. The Morgan fingerprint density at radius 1 is 1.10 bits per heavy atom. The van der Waals surface area contributed by atoms with Crippen molar-refractivity contribution in [2.24, 2.45) is 0 Å². The van der Waals surface area contributed by atoms with E-state index in [1.165, 1.54) is 17.0 Å². The molecule has 0 aliphatic heterocycles. The fourth-order valence-corrected chi connectivity index (χ4v) is 4.66. The Morgan fingerprint density at radius 3 is 2.48 bits per heavy atom. The summed E-state index contributed by atoms with van der Waals surface area (Å²) in [6.07, 6.45) is 8.40. The zero-order chi connectivity index (χ0) is 20.7. The molecule has 1 saturated carbocycles. The second-order valence-corrected chi connectivity index (χ2v) is 9.22. The van der Waals surface area contributed by atoms with Crippen LogP contribution >= 0.6 is 0 Å². The topological polar surface area (TPSA) is 70.8 Å². The van der Waals surface area contributed by atoms with Crippen molar-refractivity contribution >= 4 is 22.0 Å². The van der Waals surface area contributed by atoms with Gasteiger partial charge in [0.2, 0.25) is 15.9 Å². The van der Waals surface area contributed by atoms with Crippen LogP contribution in [0, 0.1) is 0 Å². The minimum absolute atomic E-state index is 0.0126. The number of nitrogens with zero attached hydrogens (tertiary/aromatic N) is 2. The minimum Gasteiger partial charge on any atom is -0.468 e. The van der Waals surface area contributed by atoms with Crippen molar-refractivity contribution in [3.8, 4) is 0 Å². The van der Waals surface area contributed by atoms with Gasteiger partial charge in [-0.25, -0.2) is 8.42 Å². The molecule has 1 aromatic carbocycles. The van der Waals surface area contributed by atoms with Crippen LogP contribution in [-0.4, -0.2) is 43.2 Å². The van der Waals surface area contributed by atoms with Gasteiger partial charge in [-0.1, -0.05) is 49.6 Å². The Hall–Kier alpha value is -2.38. The standard InChI is InChI=1S/C22H28N2O4S/c1-23(20-11-6-3-7-12-20)22(25)18-24(17-21-13-8-15-28-21)29(26,27)16-14-19-9-4-2-5-10-19/h2,4-5,8-10,13-16,20H,3,6-7,11-12,17-18H2,1H3. The van der Waals surface area contributed by atoms with Crippen LogP contribution in [0.15, 0.2) is 58.6 Å². The second kappa shape index (κ2) is 9.89. The van der Waals surface area contributed by atoms with E-state index >= 15 is 0 Å². The average molecular weight is 417 g/mol. The van der Waals surface area contributed by atoms with Crippen molar-refractivity contribution in [3.05, 3.63) is 65.5 Å². The highest BCUT2D eigenvalue weighted by atomic mass is 32.2. The number of sulfonamides is 1. The number of furan rings is 1. The lowest BCUT2D eigenvalue weighted by molar-refractivity contribution is -0.132. The van der Waals surface area contributed by atoms with Crippen LogP contribution in [0.25, 0.3) is 6.08 Å². The molecule has 0 radical (unpaired) electrons. The van der Waals surface area contributed by atoms with Gasteiger partial charge < -0.3 is 9.32 Å². The summed E-state index contributed by atoms with van der Waals surface area (Å²) in [6, 6.07) is 12.8. The minimum atomic E-state index is -3.81. The zero-order valence-corrected chi connectivity index (χ0v) is 17.6. The van der Waals surface area contributed by atoms with E-state index in [0.29, 0.717) is 5.76 Å². The Labute approximate surface area is 172 Å². The van der Waals surface area contributed by atoms with Crippen molar-refractivity contribution in [2.75, 3.05) is 13.6 Å². The van der Waals surface area contributed by atoms with E-state index in [9.17, 15) is 13.2 Å². The largest absolute Gasteiger partial charge is 0.468 e. The van der Waals surface area contributed by atoms with Gasteiger partial charge in [-0.3, -0.25) is 4.79 Å². The molecule has 7 heteroatoms. The van der Waals surface area contributed by atoms with Gasteiger partial charge in [0.25, 0.3) is 0 Å². The molecule has 0 spiro atoms. The Kier molecular flexibility index (Phi) is 7.28. The molecule has 1 amide bonds. The summed E-state index contributed by atoms with van der Waals surface area (Å²) >= 11 is 0. The van der Waals surface area contributed by atoms with Crippen LogP contribution in [0.5, 0.6) is 0 Å². The summed E-state index contributed by atoms with van der Waals surface area (Å²) in [7, 11) is -2.04. The van der Waals surface area contributed by atoms with Crippen LogP contribution < -0.4 is 0 Å². The fraction of sp³-hybridized carbons (Fsp3) is 0.409. The molecule has 1 aliphatic carbocycles. The zero-order valence-electron chi connectivity index (χ0n) is 16.7. The number of hydrogen-bond acceptors (Lipinski definition) is 4. The molecule has 0 unspecified atom stereocenters. The van der Waals surface area contributed by atoms with Gasteiger partial charge in [0.1, 0.15) is 5.76 Å². The smallest absolute Gasteiger partial charge is 0.237 e. The van der Waals surface area contributed by atoms with Crippen LogP contribution in [0.4, 0.5) is 0 Å². The summed E-state index contributed by atoms with van der Waals surface area (Å²) in [4.78, 5) is 14.6. The third-order valence-corrected chi connectivity index (χ3v) is 6.79. The average Bonchev–Trinajstić information content (AvgIpc) is 3.26. The maximum absolute atomic E-state index is 13.0. The van der Waals surface area contributed by atoms with Crippen LogP contribution in [-0.2, 0) is 21.4 Å². The molecule has 6 nitrogen and oxygen atoms in total. The SMILES string of the molecule is CN(C(=O)CN(Cc1ccco1)S(=O)(=O)C=Cc1ccccc1)C1CCCCC1. The summed E-state index contributed by atoms with van der Waals surface area (Å²) in [6.45, 7) is -0.201. The highest BCUT2D eigenvalue weighted by Crippen LogP contribution is 2.22. The number of carbonyl (C=O) groups excluding carboxylic acids is 1.